The van der Waals surface area contributed by atoms with Gasteiger partial charge in [0.05, 0.1) is 12.4 Å². The lowest BCUT2D eigenvalue weighted by Gasteiger charge is -2.34. The summed E-state index contributed by atoms with van der Waals surface area (Å²) in [6.07, 6.45) is 4.09. The first-order valence-electron chi connectivity index (χ1n) is 9.61. The molecule has 0 unspecified atom stereocenters. The van der Waals surface area contributed by atoms with Crippen molar-refractivity contribution in [3.63, 3.8) is 0 Å². The second-order valence-corrected chi connectivity index (χ2v) is 8.89. The van der Waals surface area contributed by atoms with Crippen molar-refractivity contribution in [1.82, 2.24) is 14.1 Å². The minimum Gasteiger partial charge on any atom is -0.450 e. The minimum atomic E-state index is -3.18. The first-order valence-corrected chi connectivity index (χ1v) is 11.2. The molecule has 0 saturated carbocycles. The van der Waals surface area contributed by atoms with Crippen LogP contribution in [0.5, 0.6) is 0 Å². The number of nitrogens with zero attached hydrogens (tertiary/aromatic N) is 3. The smallest absolute Gasteiger partial charge is 0.409 e. The first kappa shape index (κ1) is 21.0. The Hall–Kier alpha value is -1.35. The number of piperazine rings is 1. The molecule has 0 spiro atoms. The van der Waals surface area contributed by atoms with E-state index in [2.05, 4.69) is 0 Å². The fraction of sp³-hybridized carbons (Fsp3) is 0.882. The summed E-state index contributed by atoms with van der Waals surface area (Å²) in [5.41, 5.74) is 0. The number of unbranched alkanes of at least 4 members (excludes halogenated alkanes) is 1. The predicted molar refractivity (Wildman–Crippen MR) is 98.2 cm³/mol. The fourth-order valence-electron chi connectivity index (χ4n) is 3.34. The van der Waals surface area contributed by atoms with Crippen LogP contribution in [0.15, 0.2) is 0 Å². The van der Waals surface area contributed by atoms with Crippen LogP contribution in [0.4, 0.5) is 4.79 Å². The Morgan fingerprint density at radius 3 is 2.12 bits per heavy atom. The van der Waals surface area contributed by atoms with Crippen molar-refractivity contribution in [2.45, 2.75) is 45.4 Å². The summed E-state index contributed by atoms with van der Waals surface area (Å²) in [6.45, 7) is 5.34. The van der Waals surface area contributed by atoms with Gasteiger partial charge in [-0.2, -0.15) is 0 Å². The molecule has 0 aliphatic carbocycles. The van der Waals surface area contributed by atoms with E-state index in [0.717, 1.165) is 19.3 Å². The van der Waals surface area contributed by atoms with Crippen LogP contribution >= 0.6 is 0 Å². The average Bonchev–Trinajstić information content (AvgIpc) is 2.66. The number of rotatable bonds is 7. The molecule has 2 amide bonds. The fourth-order valence-corrected chi connectivity index (χ4v) is 4.99. The van der Waals surface area contributed by atoms with Gasteiger partial charge in [-0.3, -0.25) is 4.79 Å². The number of piperidine rings is 1. The Bertz CT molecular complexity index is 567. The van der Waals surface area contributed by atoms with E-state index < -0.39 is 10.0 Å². The molecule has 0 aromatic carbocycles. The van der Waals surface area contributed by atoms with Gasteiger partial charge in [-0.05, 0) is 32.6 Å². The summed E-state index contributed by atoms with van der Waals surface area (Å²) < 4.78 is 31.1. The zero-order valence-corrected chi connectivity index (χ0v) is 16.5. The van der Waals surface area contributed by atoms with Crippen LogP contribution in [-0.4, -0.2) is 86.2 Å². The van der Waals surface area contributed by atoms with Crippen molar-refractivity contribution >= 4 is 22.0 Å². The molecule has 0 N–H and O–H groups in total. The number of hydrogen-bond donors (Lipinski definition) is 0. The van der Waals surface area contributed by atoms with Crippen molar-refractivity contribution < 1.29 is 22.7 Å². The first-order chi connectivity index (χ1) is 12.4. The van der Waals surface area contributed by atoms with E-state index in [4.69, 9.17) is 4.74 Å². The highest BCUT2D eigenvalue weighted by Gasteiger charge is 2.25. The molecular formula is C17H31N3O5S. The maximum absolute atomic E-state index is 12.3. The van der Waals surface area contributed by atoms with E-state index in [1.807, 2.05) is 0 Å². The lowest BCUT2D eigenvalue weighted by Crippen LogP contribution is -2.50. The van der Waals surface area contributed by atoms with Crippen LogP contribution < -0.4 is 0 Å². The Labute approximate surface area is 156 Å². The third-order valence-electron chi connectivity index (χ3n) is 4.91. The molecule has 0 atom stereocenters. The van der Waals surface area contributed by atoms with E-state index in [9.17, 15) is 18.0 Å². The van der Waals surface area contributed by atoms with Crippen molar-refractivity contribution in [1.29, 1.82) is 0 Å². The van der Waals surface area contributed by atoms with Gasteiger partial charge in [0.2, 0.25) is 15.9 Å². The molecular weight excluding hydrogens is 358 g/mol. The van der Waals surface area contributed by atoms with E-state index >= 15 is 0 Å². The molecule has 2 heterocycles. The Balaban J connectivity index is 1.64. The van der Waals surface area contributed by atoms with Gasteiger partial charge in [0.15, 0.2) is 0 Å². The number of carbonyl (C=O) groups excluding carboxylic acids is 2. The molecule has 0 aromatic heterocycles. The summed E-state index contributed by atoms with van der Waals surface area (Å²) in [5.74, 6) is 0.153. The van der Waals surface area contributed by atoms with Crippen LogP contribution in [0, 0.1) is 0 Å². The molecule has 0 aromatic rings. The second kappa shape index (κ2) is 10.1. The van der Waals surface area contributed by atoms with Crippen LogP contribution in [0.3, 0.4) is 0 Å². The minimum absolute atomic E-state index is 0.0314. The lowest BCUT2D eigenvalue weighted by atomic mass is 10.2. The summed E-state index contributed by atoms with van der Waals surface area (Å²) in [4.78, 5) is 27.3. The standard InChI is InChI=1S/C17H31N3O5S/c1-2-25-17(22)19-13-11-18(12-14-19)16(21)8-4-7-15-26(23,24)20-9-5-3-6-10-20/h2-15H2,1H3. The third-order valence-corrected chi connectivity index (χ3v) is 6.87. The number of hydrogen-bond acceptors (Lipinski definition) is 5. The highest BCUT2D eigenvalue weighted by atomic mass is 32.2. The van der Waals surface area contributed by atoms with Crippen LogP contribution in [0.25, 0.3) is 0 Å². The van der Waals surface area contributed by atoms with Gasteiger partial charge in [-0.15, -0.1) is 0 Å². The van der Waals surface area contributed by atoms with E-state index in [-0.39, 0.29) is 17.8 Å². The van der Waals surface area contributed by atoms with Crippen LogP contribution in [0.2, 0.25) is 0 Å². The number of carbonyl (C=O) groups is 2. The Morgan fingerprint density at radius 2 is 1.50 bits per heavy atom. The summed E-state index contributed by atoms with van der Waals surface area (Å²) in [6, 6.07) is 0. The van der Waals surface area contributed by atoms with Crippen molar-refractivity contribution in [2.75, 3.05) is 51.6 Å². The van der Waals surface area contributed by atoms with E-state index in [1.165, 1.54) is 0 Å². The molecule has 8 nitrogen and oxygen atoms in total. The predicted octanol–water partition coefficient (Wildman–Crippen LogP) is 1.27. The molecule has 2 rings (SSSR count). The lowest BCUT2D eigenvalue weighted by molar-refractivity contribution is -0.132. The zero-order chi connectivity index (χ0) is 19.0. The molecule has 2 fully saturated rings. The highest BCUT2D eigenvalue weighted by Crippen LogP contribution is 2.15. The van der Waals surface area contributed by atoms with Gasteiger partial charge < -0.3 is 14.5 Å². The maximum atomic E-state index is 12.3. The topological polar surface area (TPSA) is 87.2 Å². The Morgan fingerprint density at radius 1 is 0.885 bits per heavy atom. The van der Waals surface area contributed by atoms with Gasteiger partial charge in [-0.25, -0.2) is 17.5 Å². The molecule has 2 aliphatic heterocycles. The Kier molecular flexibility index (Phi) is 8.15. The summed E-state index contributed by atoms with van der Waals surface area (Å²) in [7, 11) is -3.18. The van der Waals surface area contributed by atoms with E-state index in [0.29, 0.717) is 65.1 Å². The van der Waals surface area contributed by atoms with Gasteiger partial charge in [0, 0.05) is 45.7 Å². The molecule has 2 aliphatic rings. The van der Waals surface area contributed by atoms with Gasteiger partial charge in [0.1, 0.15) is 0 Å². The van der Waals surface area contributed by atoms with Crippen molar-refractivity contribution in [2.24, 2.45) is 0 Å². The van der Waals surface area contributed by atoms with Gasteiger partial charge >= 0.3 is 6.09 Å². The maximum Gasteiger partial charge on any atom is 0.409 e. The molecule has 2 saturated heterocycles. The zero-order valence-electron chi connectivity index (χ0n) is 15.7. The highest BCUT2D eigenvalue weighted by molar-refractivity contribution is 7.89. The number of amides is 2. The van der Waals surface area contributed by atoms with Crippen molar-refractivity contribution in [3.05, 3.63) is 0 Å². The van der Waals surface area contributed by atoms with Crippen LogP contribution in [0.1, 0.15) is 45.4 Å². The second-order valence-electron chi connectivity index (χ2n) is 6.80. The van der Waals surface area contributed by atoms with Gasteiger partial charge in [-0.1, -0.05) is 6.42 Å². The van der Waals surface area contributed by atoms with E-state index in [1.54, 1.807) is 21.0 Å². The monoisotopic (exact) mass is 389 g/mol. The number of ether oxygens (including phenoxy) is 1. The summed E-state index contributed by atoms with van der Waals surface area (Å²) >= 11 is 0. The van der Waals surface area contributed by atoms with Crippen molar-refractivity contribution in [3.8, 4) is 0 Å². The van der Waals surface area contributed by atoms with Gasteiger partial charge in [0.25, 0.3) is 0 Å². The summed E-state index contributed by atoms with van der Waals surface area (Å²) in [5, 5.41) is 0. The largest absolute Gasteiger partial charge is 0.450 e. The normalized spacial score (nSPS) is 19.4. The molecule has 0 bridgehead atoms. The average molecular weight is 390 g/mol. The number of sulfonamides is 1. The quantitative estimate of drug-likeness (QED) is 0.612. The SMILES string of the molecule is CCOC(=O)N1CCN(C(=O)CCCCS(=O)(=O)N2CCCCC2)CC1. The molecule has 26 heavy (non-hydrogen) atoms. The molecule has 9 heteroatoms. The third kappa shape index (κ3) is 6.12. The van der Waals surface area contributed by atoms with Crippen LogP contribution in [-0.2, 0) is 19.6 Å². The molecule has 150 valence electrons. The molecule has 0 radical (unpaired) electrons.